The third-order valence-corrected chi connectivity index (χ3v) is 5.16. The van der Waals surface area contributed by atoms with E-state index >= 15 is 0 Å². The van der Waals surface area contributed by atoms with Gasteiger partial charge in [-0.3, -0.25) is 19.3 Å². The molecule has 1 aromatic rings. The molecule has 1 unspecified atom stereocenters. The highest BCUT2D eigenvalue weighted by atomic mass is 32.2. The molecule has 0 radical (unpaired) electrons. The Kier molecular flexibility index (Phi) is 8.63. The highest BCUT2D eigenvalue weighted by molar-refractivity contribution is 8.18. The zero-order valence-corrected chi connectivity index (χ0v) is 17.1. The van der Waals surface area contributed by atoms with Crippen LogP contribution in [0.15, 0.2) is 29.2 Å². The third-order valence-electron chi connectivity index (χ3n) is 4.25. The largest absolute Gasteiger partial charge is 0.435 e. The predicted molar refractivity (Wildman–Crippen MR) is 107 cm³/mol. The Morgan fingerprint density at radius 3 is 2.59 bits per heavy atom. The van der Waals surface area contributed by atoms with Crippen molar-refractivity contribution in [3.63, 3.8) is 0 Å². The lowest BCUT2D eigenvalue weighted by Gasteiger charge is -2.14. The predicted octanol–water partition coefficient (Wildman–Crippen LogP) is 4.27. The molecule has 1 heterocycles. The normalized spacial score (nSPS) is 16.6. The Morgan fingerprint density at radius 2 is 1.97 bits per heavy atom. The average Bonchev–Trinajstić information content (AvgIpc) is 2.90. The maximum absolute atomic E-state index is 12.5. The Hall–Kier alpha value is -2.42. The fourth-order valence-electron chi connectivity index (χ4n) is 2.88. The molecule has 6 nitrogen and oxygen atoms in total. The van der Waals surface area contributed by atoms with Gasteiger partial charge in [-0.2, -0.15) is 8.78 Å². The zero-order valence-electron chi connectivity index (χ0n) is 16.3. The van der Waals surface area contributed by atoms with E-state index in [-0.39, 0.29) is 35.6 Å². The van der Waals surface area contributed by atoms with E-state index in [1.165, 1.54) is 30.3 Å². The van der Waals surface area contributed by atoms with Crippen LogP contribution in [-0.4, -0.2) is 41.7 Å². The molecule has 0 aromatic heterocycles. The second-order valence-electron chi connectivity index (χ2n) is 6.73. The van der Waals surface area contributed by atoms with Gasteiger partial charge in [0.2, 0.25) is 5.91 Å². The lowest BCUT2D eigenvalue weighted by Crippen LogP contribution is -2.37. The van der Waals surface area contributed by atoms with Gasteiger partial charge < -0.3 is 10.1 Å². The molecule has 2 rings (SSSR count). The Labute approximate surface area is 172 Å². The summed E-state index contributed by atoms with van der Waals surface area (Å²) >= 11 is 0.802. The number of nitrogens with zero attached hydrogens (tertiary/aromatic N) is 1. The summed E-state index contributed by atoms with van der Waals surface area (Å²) in [5, 5.41) is 2.33. The maximum atomic E-state index is 12.5. The minimum absolute atomic E-state index is 0.00857. The standard InChI is InChI=1S/C20H24F2N2O4S/c1-3-4-13(2)11-17(25)23-9-10-24-18(26)16(29-20(24)27)12-14-5-7-15(8-6-14)28-19(21)22/h5-8,12-13,19H,3-4,9-11H2,1-2H3,(H,23,25)/b16-12+. The quantitative estimate of drug-likeness (QED) is 0.566. The molecular weight excluding hydrogens is 402 g/mol. The lowest BCUT2D eigenvalue weighted by molar-refractivity contribution is -0.124. The van der Waals surface area contributed by atoms with Crippen molar-refractivity contribution < 1.29 is 27.9 Å². The summed E-state index contributed by atoms with van der Waals surface area (Å²) in [6.45, 7) is 1.46. The number of halogens is 2. The van der Waals surface area contributed by atoms with Gasteiger partial charge in [-0.05, 0) is 41.5 Å². The molecule has 9 heteroatoms. The van der Waals surface area contributed by atoms with Gasteiger partial charge in [-0.1, -0.05) is 38.8 Å². The van der Waals surface area contributed by atoms with Gasteiger partial charge in [0, 0.05) is 19.5 Å². The number of ether oxygens (including phenoxy) is 1. The molecule has 1 saturated heterocycles. The molecule has 0 bridgehead atoms. The van der Waals surface area contributed by atoms with Gasteiger partial charge >= 0.3 is 6.61 Å². The average molecular weight is 426 g/mol. The number of benzene rings is 1. The van der Waals surface area contributed by atoms with Crippen molar-refractivity contribution in [3.05, 3.63) is 34.7 Å². The number of thioether (sulfide) groups is 1. The van der Waals surface area contributed by atoms with Crippen molar-refractivity contribution in [3.8, 4) is 5.75 Å². The van der Waals surface area contributed by atoms with Crippen LogP contribution in [0.4, 0.5) is 13.6 Å². The van der Waals surface area contributed by atoms with Crippen LogP contribution in [0, 0.1) is 5.92 Å². The van der Waals surface area contributed by atoms with Crippen LogP contribution in [0.3, 0.4) is 0 Å². The molecule has 1 aliphatic heterocycles. The van der Waals surface area contributed by atoms with E-state index in [2.05, 4.69) is 17.0 Å². The van der Waals surface area contributed by atoms with Crippen LogP contribution in [0.1, 0.15) is 38.7 Å². The van der Waals surface area contributed by atoms with Crippen molar-refractivity contribution in [2.24, 2.45) is 5.92 Å². The van der Waals surface area contributed by atoms with Crippen molar-refractivity contribution >= 4 is 34.9 Å². The van der Waals surface area contributed by atoms with Gasteiger partial charge in [0.15, 0.2) is 0 Å². The van der Waals surface area contributed by atoms with Crippen molar-refractivity contribution in [2.45, 2.75) is 39.7 Å². The fraction of sp³-hybridized carbons (Fsp3) is 0.450. The van der Waals surface area contributed by atoms with E-state index in [4.69, 9.17) is 0 Å². The van der Waals surface area contributed by atoms with E-state index in [0.29, 0.717) is 12.0 Å². The van der Waals surface area contributed by atoms with Gasteiger partial charge in [0.25, 0.3) is 11.1 Å². The smallest absolute Gasteiger partial charge is 0.387 e. The zero-order chi connectivity index (χ0) is 21.4. The van der Waals surface area contributed by atoms with Crippen LogP contribution >= 0.6 is 11.8 Å². The van der Waals surface area contributed by atoms with Gasteiger partial charge in [0.1, 0.15) is 5.75 Å². The molecule has 1 aliphatic rings. The molecule has 0 spiro atoms. The number of hydrogen-bond acceptors (Lipinski definition) is 5. The van der Waals surface area contributed by atoms with Crippen LogP contribution in [0.25, 0.3) is 6.08 Å². The number of amides is 3. The molecule has 1 atom stereocenters. The van der Waals surface area contributed by atoms with Crippen molar-refractivity contribution in [1.82, 2.24) is 10.2 Å². The summed E-state index contributed by atoms with van der Waals surface area (Å²) in [6.07, 6.45) is 3.92. The monoisotopic (exact) mass is 426 g/mol. The second kappa shape index (κ2) is 10.9. The van der Waals surface area contributed by atoms with Gasteiger partial charge in [-0.25, -0.2) is 0 Å². The number of rotatable bonds is 10. The molecule has 1 aromatic carbocycles. The number of alkyl halides is 2. The number of hydrogen-bond donors (Lipinski definition) is 1. The maximum Gasteiger partial charge on any atom is 0.387 e. The summed E-state index contributed by atoms with van der Waals surface area (Å²) < 4.78 is 28.6. The Morgan fingerprint density at radius 1 is 1.28 bits per heavy atom. The minimum Gasteiger partial charge on any atom is -0.435 e. The number of carbonyl (C=O) groups excluding carboxylic acids is 3. The highest BCUT2D eigenvalue weighted by Gasteiger charge is 2.34. The molecule has 1 N–H and O–H groups in total. The molecule has 0 aliphatic carbocycles. The summed E-state index contributed by atoms with van der Waals surface area (Å²) in [5.41, 5.74) is 0.579. The lowest BCUT2D eigenvalue weighted by atomic mass is 10.0. The first kappa shape index (κ1) is 22.9. The number of imide groups is 1. The van der Waals surface area contributed by atoms with E-state index in [1.807, 2.05) is 6.92 Å². The summed E-state index contributed by atoms with van der Waals surface area (Å²) in [5.74, 6) is -0.243. The summed E-state index contributed by atoms with van der Waals surface area (Å²) in [7, 11) is 0. The van der Waals surface area contributed by atoms with E-state index in [9.17, 15) is 23.2 Å². The Bertz CT molecular complexity index is 768. The minimum atomic E-state index is -2.91. The van der Waals surface area contributed by atoms with Crippen LogP contribution in [-0.2, 0) is 9.59 Å². The molecular formula is C20H24F2N2O4S. The molecule has 0 saturated carbocycles. The molecule has 158 valence electrons. The third kappa shape index (κ3) is 7.16. The summed E-state index contributed by atoms with van der Waals surface area (Å²) in [4.78, 5) is 37.8. The molecule has 1 fully saturated rings. The second-order valence-corrected chi connectivity index (χ2v) is 7.72. The van der Waals surface area contributed by atoms with Gasteiger partial charge in [0.05, 0.1) is 4.91 Å². The van der Waals surface area contributed by atoms with Gasteiger partial charge in [-0.15, -0.1) is 0 Å². The first-order chi connectivity index (χ1) is 13.8. The SMILES string of the molecule is CCCC(C)CC(=O)NCCN1C(=O)S/C(=C/c2ccc(OC(F)F)cc2)C1=O. The Balaban J connectivity index is 1.88. The first-order valence-electron chi connectivity index (χ1n) is 9.37. The summed E-state index contributed by atoms with van der Waals surface area (Å²) in [6, 6.07) is 5.75. The van der Waals surface area contributed by atoms with Crippen LogP contribution in [0.2, 0.25) is 0 Å². The first-order valence-corrected chi connectivity index (χ1v) is 10.2. The van der Waals surface area contributed by atoms with Crippen LogP contribution < -0.4 is 10.1 Å². The fourth-order valence-corrected chi connectivity index (χ4v) is 3.75. The van der Waals surface area contributed by atoms with E-state index in [0.717, 1.165) is 29.5 Å². The topological polar surface area (TPSA) is 75.7 Å². The van der Waals surface area contributed by atoms with E-state index in [1.54, 1.807) is 0 Å². The van der Waals surface area contributed by atoms with Crippen molar-refractivity contribution in [2.75, 3.05) is 13.1 Å². The highest BCUT2D eigenvalue weighted by Crippen LogP contribution is 2.32. The number of nitrogens with one attached hydrogen (secondary N) is 1. The molecule has 3 amide bonds. The van der Waals surface area contributed by atoms with Crippen LogP contribution in [0.5, 0.6) is 5.75 Å². The number of carbonyl (C=O) groups is 3. The van der Waals surface area contributed by atoms with Crippen molar-refractivity contribution in [1.29, 1.82) is 0 Å². The molecule has 29 heavy (non-hydrogen) atoms. The van der Waals surface area contributed by atoms with E-state index < -0.39 is 17.8 Å².